The summed E-state index contributed by atoms with van der Waals surface area (Å²) in [6, 6.07) is 8.07. The van der Waals surface area contributed by atoms with Crippen LogP contribution in [0.4, 0.5) is 5.95 Å². The van der Waals surface area contributed by atoms with E-state index in [0.717, 1.165) is 36.3 Å². The summed E-state index contributed by atoms with van der Waals surface area (Å²) in [6.45, 7) is 8.49. The van der Waals surface area contributed by atoms with E-state index in [1.165, 1.54) is 17.3 Å². The average molecular weight is 375 g/mol. The fraction of sp³-hybridized carbons (Fsp3) is 0.500. The van der Waals surface area contributed by atoms with Crippen LogP contribution in [0.25, 0.3) is 0 Å². The number of thioether (sulfide) groups is 1. The molecule has 1 aliphatic rings. The van der Waals surface area contributed by atoms with Crippen LogP contribution in [0, 0.1) is 6.92 Å². The third-order valence-corrected chi connectivity index (χ3v) is 5.34. The second-order valence-corrected chi connectivity index (χ2v) is 7.06. The highest BCUT2D eigenvalue weighted by Crippen LogP contribution is 2.22. The van der Waals surface area contributed by atoms with E-state index in [2.05, 4.69) is 31.9 Å². The van der Waals surface area contributed by atoms with Gasteiger partial charge in [-0.15, -0.1) is 10.2 Å². The topological polar surface area (TPSA) is 72.3 Å². The van der Waals surface area contributed by atoms with Gasteiger partial charge in [0.25, 0.3) is 0 Å². The van der Waals surface area contributed by atoms with Crippen molar-refractivity contribution in [2.24, 2.45) is 0 Å². The Morgan fingerprint density at radius 3 is 2.77 bits per heavy atom. The zero-order valence-electron chi connectivity index (χ0n) is 15.3. The minimum Gasteiger partial charge on any atom is -0.378 e. The minimum atomic E-state index is -0.00294. The molecule has 0 saturated carbocycles. The molecule has 1 aromatic heterocycles. The zero-order valence-corrected chi connectivity index (χ0v) is 16.1. The standard InChI is InChI=1S/C18H25N5O2S/c1-3-23-17(22-8-10-25-11-9-22)20-21-18(23)26-13-16(24)19-12-15-7-5-4-6-14(15)2/h4-7H,3,8-13H2,1-2H3,(H,19,24). The second kappa shape index (κ2) is 9.05. The van der Waals surface area contributed by atoms with Crippen molar-refractivity contribution < 1.29 is 9.53 Å². The van der Waals surface area contributed by atoms with Gasteiger partial charge < -0.3 is 15.0 Å². The third-order valence-electron chi connectivity index (χ3n) is 4.38. The molecule has 1 fully saturated rings. The number of anilines is 1. The molecule has 140 valence electrons. The summed E-state index contributed by atoms with van der Waals surface area (Å²) < 4.78 is 7.46. The number of amides is 1. The van der Waals surface area contributed by atoms with Crippen LogP contribution in [-0.4, -0.2) is 52.7 Å². The number of rotatable bonds is 7. The number of aromatic nitrogens is 3. The second-order valence-electron chi connectivity index (χ2n) is 6.12. The molecule has 3 rings (SSSR count). The first kappa shape index (κ1) is 18.7. The fourth-order valence-electron chi connectivity index (χ4n) is 2.85. The molecule has 1 saturated heterocycles. The predicted molar refractivity (Wildman–Crippen MR) is 102 cm³/mol. The van der Waals surface area contributed by atoms with Gasteiger partial charge in [0.1, 0.15) is 0 Å². The quantitative estimate of drug-likeness (QED) is 0.745. The van der Waals surface area contributed by atoms with E-state index in [4.69, 9.17) is 4.74 Å². The lowest BCUT2D eigenvalue weighted by Crippen LogP contribution is -2.38. The number of carbonyl (C=O) groups excluding carboxylic acids is 1. The van der Waals surface area contributed by atoms with Crippen molar-refractivity contribution in [1.29, 1.82) is 0 Å². The van der Waals surface area contributed by atoms with Crippen molar-refractivity contribution >= 4 is 23.6 Å². The predicted octanol–water partition coefficient (Wildman–Crippen LogP) is 1.85. The number of ether oxygens (including phenoxy) is 1. The molecule has 1 amide bonds. The van der Waals surface area contributed by atoms with Crippen LogP contribution in [0.5, 0.6) is 0 Å². The number of nitrogens with one attached hydrogen (secondary N) is 1. The van der Waals surface area contributed by atoms with Gasteiger partial charge in [0.2, 0.25) is 11.9 Å². The number of morpholine rings is 1. The third kappa shape index (κ3) is 4.56. The highest BCUT2D eigenvalue weighted by atomic mass is 32.2. The van der Waals surface area contributed by atoms with Gasteiger partial charge in [-0.2, -0.15) is 0 Å². The molecule has 1 aromatic carbocycles. The lowest BCUT2D eigenvalue weighted by molar-refractivity contribution is -0.118. The van der Waals surface area contributed by atoms with E-state index in [1.54, 1.807) is 0 Å². The highest BCUT2D eigenvalue weighted by Gasteiger charge is 2.20. The Balaban J connectivity index is 1.54. The summed E-state index contributed by atoms with van der Waals surface area (Å²) in [5, 5.41) is 12.4. The van der Waals surface area contributed by atoms with Crippen molar-refractivity contribution in [3.63, 3.8) is 0 Å². The molecule has 1 aliphatic heterocycles. The van der Waals surface area contributed by atoms with Crippen LogP contribution >= 0.6 is 11.8 Å². The van der Waals surface area contributed by atoms with E-state index >= 15 is 0 Å². The first-order chi connectivity index (χ1) is 12.7. The summed E-state index contributed by atoms with van der Waals surface area (Å²) in [6.07, 6.45) is 0. The number of aryl methyl sites for hydroxylation is 1. The molecule has 0 radical (unpaired) electrons. The van der Waals surface area contributed by atoms with Gasteiger partial charge in [-0.25, -0.2) is 0 Å². The van der Waals surface area contributed by atoms with E-state index < -0.39 is 0 Å². The maximum Gasteiger partial charge on any atom is 0.230 e. The average Bonchev–Trinajstić information content (AvgIpc) is 3.09. The van der Waals surface area contributed by atoms with Crippen molar-refractivity contribution in [2.75, 3.05) is 37.0 Å². The van der Waals surface area contributed by atoms with Gasteiger partial charge in [0.15, 0.2) is 5.16 Å². The monoisotopic (exact) mass is 375 g/mol. The smallest absolute Gasteiger partial charge is 0.230 e. The van der Waals surface area contributed by atoms with Crippen LogP contribution < -0.4 is 10.2 Å². The maximum atomic E-state index is 12.2. The Hall–Kier alpha value is -2.06. The van der Waals surface area contributed by atoms with Gasteiger partial charge in [0.05, 0.1) is 19.0 Å². The van der Waals surface area contributed by atoms with Crippen LogP contribution in [-0.2, 0) is 22.6 Å². The molecule has 0 aliphatic carbocycles. The summed E-state index contributed by atoms with van der Waals surface area (Å²) in [4.78, 5) is 14.4. The maximum absolute atomic E-state index is 12.2. The molecule has 0 spiro atoms. The molecule has 8 heteroatoms. The van der Waals surface area contributed by atoms with E-state index in [0.29, 0.717) is 25.5 Å². The fourth-order valence-corrected chi connectivity index (χ4v) is 3.67. The van der Waals surface area contributed by atoms with Crippen molar-refractivity contribution in [2.45, 2.75) is 32.1 Å². The van der Waals surface area contributed by atoms with E-state index in [9.17, 15) is 4.79 Å². The van der Waals surface area contributed by atoms with Gasteiger partial charge in [-0.1, -0.05) is 36.0 Å². The first-order valence-corrected chi connectivity index (χ1v) is 9.87. The van der Waals surface area contributed by atoms with E-state index in [-0.39, 0.29) is 5.91 Å². The molecule has 26 heavy (non-hydrogen) atoms. The number of benzene rings is 1. The van der Waals surface area contributed by atoms with Crippen molar-refractivity contribution in [1.82, 2.24) is 20.1 Å². The Morgan fingerprint density at radius 1 is 1.27 bits per heavy atom. The van der Waals surface area contributed by atoms with E-state index in [1.807, 2.05) is 31.2 Å². The number of hydrogen-bond acceptors (Lipinski definition) is 6. The zero-order chi connectivity index (χ0) is 18.4. The molecular weight excluding hydrogens is 350 g/mol. The SMILES string of the molecule is CCn1c(SCC(=O)NCc2ccccc2C)nnc1N1CCOCC1. The molecule has 0 bridgehead atoms. The lowest BCUT2D eigenvalue weighted by atomic mass is 10.1. The first-order valence-electron chi connectivity index (χ1n) is 8.89. The van der Waals surface area contributed by atoms with Crippen LogP contribution in [0.3, 0.4) is 0 Å². The summed E-state index contributed by atoms with van der Waals surface area (Å²) in [5.74, 6) is 1.18. The van der Waals surface area contributed by atoms with Crippen molar-refractivity contribution in [3.8, 4) is 0 Å². The molecular formula is C18H25N5O2S. The number of nitrogens with zero attached hydrogens (tertiary/aromatic N) is 4. The van der Waals surface area contributed by atoms with Crippen LogP contribution in [0.1, 0.15) is 18.1 Å². The molecule has 0 atom stereocenters. The van der Waals surface area contributed by atoms with Gasteiger partial charge in [0, 0.05) is 26.2 Å². The molecule has 2 heterocycles. The largest absolute Gasteiger partial charge is 0.378 e. The van der Waals surface area contributed by atoms with Crippen molar-refractivity contribution in [3.05, 3.63) is 35.4 Å². The molecule has 1 N–H and O–H groups in total. The molecule has 7 nitrogen and oxygen atoms in total. The minimum absolute atomic E-state index is 0.00294. The Kier molecular flexibility index (Phi) is 6.51. The molecule has 2 aromatic rings. The lowest BCUT2D eigenvalue weighted by Gasteiger charge is -2.27. The Morgan fingerprint density at radius 2 is 2.04 bits per heavy atom. The van der Waals surface area contributed by atoms with Crippen LogP contribution in [0.2, 0.25) is 0 Å². The molecule has 0 unspecified atom stereocenters. The van der Waals surface area contributed by atoms with Crippen LogP contribution in [0.15, 0.2) is 29.4 Å². The highest BCUT2D eigenvalue weighted by molar-refractivity contribution is 7.99. The van der Waals surface area contributed by atoms with Gasteiger partial charge in [-0.05, 0) is 25.0 Å². The Bertz CT molecular complexity index is 743. The summed E-state index contributed by atoms with van der Waals surface area (Å²) >= 11 is 1.42. The van der Waals surface area contributed by atoms with Gasteiger partial charge in [-0.3, -0.25) is 9.36 Å². The number of hydrogen-bond donors (Lipinski definition) is 1. The number of carbonyl (C=O) groups is 1. The normalized spacial score (nSPS) is 14.5. The summed E-state index contributed by atoms with van der Waals surface area (Å²) in [7, 11) is 0. The summed E-state index contributed by atoms with van der Waals surface area (Å²) in [5.41, 5.74) is 2.32. The Labute approximate surface area is 158 Å². The van der Waals surface area contributed by atoms with Gasteiger partial charge >= 0.3 is 0 Å².